The zero-order valence-corrected chi connectivity index (χ0v) is 20.2. The molecule has 2 N–H and O–H groups in total. The second-order valence-corrected chi connectivity index (χ2v) is 10.9. The molecule has 0 bridgehead atoms. The summed E-state index contributed by atoms with van der Waals surface area (Å²) >= 11 is 0. The SMILES string of the molecule is CC(C)NS(=O)(=O)c1ccc(F)c(C(=O)Nc2ccnn2Cc2ccc(C(C)(C)C)cc2)c1. The Morgan fingerprint density at radius 3 is 2.36 bits per heavy atom. The number of nitrogens with zero attached hydrogens (tertiary/aromatic N) is 2. The molecule has 0 unspecified atom stereocenters. The molecule has 3 aromatic rings. The van der Waals surface area contributed by atoms with E-state index in [-0.39, 0.29) is 21.9 Å². The number of aromatic nitrogens is 2. The van der Waals surface area contributed by atoms with Crippen LogP contribution >= 0.6 is 0 Å². The molecule has 0 aliphatic carbocycles. The number of hydrogen-bond acceptors (Lipinski definition) is 4. The van der Waals surface area contributed by atoms with Gasteiger partial charge in [-0.15, -0.1) is 0 Å². The Kier molecular flexibility index (Phi) is 7.04. The Bertz CT molecular complexity index is 1240. The van der Waals surface area contributed by atoms with Crippen molar-refractivity contribution in [2.75, 3.05) is 5.32 Å². The van der Waals surface area contributed by atoms with Crippen molar-refractivity contribution in [2.24, 2.45) is 0 Å². The van der Waals surface area contributed by atoms with Crippen LogP contribution in [0.5, 0.6) is 0 Å². The molecule has 1 heterocycles. The van der Waals surface area contributed by atoms with Crippen LogP contribution < -0.4 is 10.0 Å². The van der Waals surface area contributed by atoms with Gasteiger partial charge in [-0.1, -0.05) is 45.0 Å². The standard InChI is InChI=1S/C24H29FN4O3S/c1-16(2)28-33(31,32)19-10-11-21(25)20(14-19)23(30)27-22-12-13-26-29(22)15-17-6-8-18(9-7-17)24(3,4)5/h6-14,16,28H,15H2,1-5H3,(H,27,30). The lowest BCUT2D eigenvalue weighted by molar-refractivity contribution is 0.102. The Labute approximate surface area is 194 Å². The number of benzene rings is 2. The van der Waals surface area contributed by atoms with E-state index in [0.29, 0.717) is 12.4 Å². The Balaban J connectivity index is 1.80. The third-order valence-electron chi connectivity index (χ3n) is 4.99. The van der Waals surface area contributed by atoms with Crippen LogP contribution in [0.25, 0.3) is 0 Å². The molecule has 176 valence electrons. The Morgan fingerprint density at radius 2 is 1.76 bits per heavy atom. The highest BCUT2D eigenvalue weighted by Gasteiger charge is 2.21. The highest BCUT2D eigenvalue weighted by atomic mass is 32.2. The minimum atomic E-state index is -3.87. The van der Waals surface area contributed by atoms with Crippen LogP contribution in [0.3, 0.4) is 0 Å². The van der Waals surface area contributed by atoms with E-state index in [1.807, 2.05) is 12.1 Å². The lowest BCUT2D eigenvalue weighted by Gasteiger charge is -2.19. The number of carbonyl (C=O) groups excluding carboxylic acids is 1. The minimum absolute atomic E-state index is 0.0418. The molecule has 33 heavy (non-hydrogen) atoms. The fourth-order valence-electron chi connectivity index (χ4n) is 3.26. The van der Waals surface area contributed by atoms with E-state index in [1.165, 1.54) is 11.8 Å². The molecule has 9 heteroatoms. The van der Waals surface area contributed by atoms with Crippen LogP contribution in [0.4, 0.5) is 10.2 Å². The van der Waals surface area contributed by atoms with Gasteiger partial charge in [-0.2, -0.15) is 5.10 Å². The Hall–Kier alpha value is -3.04. The highest BCUT2D eigenvalue weighted by molar-refractivity contribution is 7.89. The van der Waals surface area contributed by atoms with Gasteiger partial charge in [0, 0.05) is 12.1 Å². The predicted molar refractivity (Wildman–Crippen MR) is 126 cm³/mol. The topological polar surface area (TPSA) is 93.1 Å². The minimum Gasteiger partial charge on any atom is -0.307 e. The molecule has 1 amide bonds. The van der Waals surface area contributed by atoms with Crippen molar-refractivity contribution in [3.8, 4) is 0 Å². The van der Waals surface area contributed by atoms with Gasteiger partial charge in [0.1, 0.15) is 11.6 Å². The molecule has 0 spiro atoms. The van der Waals surface area contributed by atoms with E-state index in [1.54, 1.807) is 24.6 Å². The van der Waals surface area contributed by atoms with E-state index >= 15 is 0 Å². The smallest absolute Gasteiger partial charge is 0.259 e. The van der Waals surface area contributed by atoms with Crippen LogP contribution in [0.2, 0.25) is 0 Å². The van der Waals surface area contributed by atoms with Crippen LogP contribution in [0.15, 0.2) is 59.6 Å². The summed E-state index contributed by atoms with van der Waals surface area (Å²) in [5.74, 6) is -1.22. The second kappa shape index (κ2) is 9.44. The zero-order valence-electron chi connectivity index (χ0n) is 19.4. The van der Waals surface area contributed by atoms with E-state index in [0.717, 1.165) is 23.8 Å². The van der Waals surface area contributed by atoms with Gasteiger partial charge in [0.2, 0.25) is 10.0 Å². The first-order chi connectivity index (χ1) is 15.4. The lowest BCUT2D eigenvalue weighted by Crippen LogP contribution is -2.30. The van der Waals surface area contributed by atoms with Crippen LogP contribution in [-0.4, -0.2) is 30.1 Å². The molecule has 0 atom stereocenters. The maximum Gasteiger partial charge on any atom is 0.259 e. The monoisotopic (exact) mass is 472 g/mol. The highest BCUT2D eigenvalue weighted by Crippen LogP contribution is 2.23. The van der Waals surface area contributed by atoms with E-state index in [2.05, 4.69) is 48.0 Å². The summed E-state index contributed by atoms with van der Waals surface area (Å²) in [6.07, 6.45) is 1.53. The van der Waals surface area contributed by atoms with Gasteiger partial charge < -0.3 is 5.32 Å². The molecular formula is C24H29FN4O3S. The molecule has 3 rings (SSSR count). The molecule has 0 aliphatic rings. The van der Waals surface area contributed by atoms with Crippen molar-refractivity contribution < 1.29 is 17.6 Å². The first-order valence-electron chi connectivity index (χ1n) is 10.6. The van der Waals surface area contributed by atoms with Crippen molar-refractivity contribution >= 4 is 21.7 Å². The molecule has 1 aromatic heterocycles. The lowest BCUT2D eigenvalue weighted by atomic mass is 9.87. The number of rotatable bonds is 7. The van der Waals surface area contributed by atoms with Crippen molar-refractivity contribution in [1.82, 2.24) is 14.5 Å². The summed E-state index contributed by atoms with van der Waals surface area (Å²) < 4.78 is 43.2. The summed E-state index contributed by atoms with van der Waals surface area (Å²) in [7, 11) is -3.87. The first kappa shape index (κ1) is 24.6. The number of hydrogen-bond donors (Lipinski definition) is 2. The molecule has 7 nitrogen and oxygen atoms in total. The number of sulfonamides is 1. The average molecular weight is 473 g/mol. The van der Waals surface area contributed by atoms with Crippen molar-refractivity contribution in [2.45, 2.75) is 57.5 Å². The number of carbonyl (C=O) groups is 1. The maximum absolute atomic E-state index is 14.4. The van der Waals surface area contributed by atoms with Gasteiger partial charge in [-0.05, 0) is 48.6 Å². The maximum atomic E-state index is 14.4. The van der Waals surface area contributed by atoms with Gasteiger partial charge in [-0.3, -0.25) is 4.79 Å². The number of nitrogens with one attached hydrogen (secondary N) is 2. The normalized spacial score (nSPS) is 12.2. The van der Waals surface area contributed by atoms with Gasteiger partial charge in [0.15, 0.2) is 0 Å². The summed E-state index contributed by atoms with van der Waals surface area (Å²) in [6, 6.07) is 12.5. The zero-order chi connectivity index (χ0) is 24.4. The van der Waals surface area contributed by atoms with E-state index < -0.39 is 21.7 Å². The van der Waals surface area contributed by atoms with Crippen molar-refractivity contribution in [3.63, 3.8) is 0 Å². The fraction of sp³-hybridized carbons (Fsp3) is 0.333. The van der Waals surface area contributed by atoms with Crippen molar-refractivity contribution in [1.29, 1.82) is 0 Å². The third-order valence-corrected chi connectivity index (χ3v) is 6.65. The molecule has 2 aromatic carbocycles. The summed E-state index contributed by atoms with van der Waals surface area (Å²) in [5.41, 5.74) is 1.86. The van der Waals surface area contributed by atoms with Gasteiger partial charge in [0.05, 0.1) is 23.2 Å². The summed E-state index contributed by atoms with van der Waals surface area (Å²) in [4.78, 5) is 12.6. The fourth-order valence-corrected chi connectivity index (χ4v) is 4.53. The number of halogens is 1. The molecular weight excluding hydrogens is 443 g/mol. The summed E-state index contributed by atoms with van der Waals surface area (Å²) in [6.45, 7) is 10.2. The van der Waals surface area contributed by atoms with Gasteiger partial charge in [-0.25, -0.2) is 22.2 Å². The predicted octanol–water partition coefficient (Wildman–Crippen LogP) is 4.31. The van der Waals surface area contributed by atoms with E-state index in [4.69, 9.17) is 0 Å². The van der Waals surface area contributed by atoms with Crippen molar-refractivity contribution in [3.05, 3.63) is 77.2 Å². The number of anilines is 1. The van der Waals surface area contributed by atoms with Crippen LogP contribution in [0.1, 0.15) is 56.1 Å². The Morgan fingerprint density at radius 1 is 1.09 bits per heavy atom. The van der Waals surface area contributed by atoms with Gasteiger partial charge >= 0.3 is 0 Å². The average Bonchev–Trinajstić information content (AvgIpc) is 3.13. The summed E-state index contributed by atoms with van der Waals surface area (Å²) in [5, 5.41) is 6.87. The van der Waals surface area contributed by atoms with E-state index in [9.17, 15) is 17.6 Å². The molecule has 0 radical (unpaired) electrons. The largest absolute Gasteiger partial charge is 0.307 e. The molecule has 0 aliphatic heterocycles. The van der Waals surface area contributed by atoms with Gasteiger partial charge in [0.25, 0.3) is 5.91 Å². The number of amides is 1. The van der Waals surface area contributed by atoms with Crippen LogP contribution in [-0.2, 0) is 22.0 Å². The molecule has 0 saturated heterocycles. The molecule has 0 saturated carbocycles. The second-order valence-electron chi connectivity index (χ2n) is 9.19. The third kappa shape index (κ3) is 6.06. The quantitative estimate of drug-likeness (QED) is 0.536. The molecule has 0 fully saturated rings. The first-order valence-corrected chi connectivity index (χ1v) is 12.1. The van der Waals surface area contributed by atoms with Crippen LogP contribution in [0, 0.1) is 5.82 Å².